The Balaban J connectivity index is 2.46. The van der Waals surface area contributed by atoms with E-state index in [0.717, 1.165) is 36.5 Å². The van der Waals surface area contributed by atoms with Crippen LogP contribution in [0.15, 0.2) is 24.3 Å². The minimum Gasteiger partial charge on any atom is -0.390 e. The molecule has 0 bridgehead atoms. The van der Waals surface area contributed by atoms with Crippen molar-refractivity contribution in [2.75, 3.05) is 13.1 Å². The summed E-state index contributed by atoms with van der Waals surface area (Å²) in [5, 5.41) is 14.7. The first-order chi connectivity index (χ1) is 7.96. The van der Waals surface area contributed by atoms with Crippen LogP contribution < -0.4 is 5.32 Å². The molecule has 0 radical (unpaired) electrons. The normalized spacial score (nSPS) is 20.2. The molecule has 2 N–H and O–H groups in total. The van der Waals surface area contributed by atoms with Gasteiger partial charge in [-0.3, -0.25) is 0 Å². The van der Waals surface area contributed by atoms with E-state index in [4.69, 9.17) is 11.6 Å². The largest absolute Gasteiger partial charge is 0.390 e. The topological polar surface area (TPSA) is 32.3 Å². The Morgan fingerprint density at radius 3 is 2.47 bits per heavy atom. The fourth-order valence-electron chi connectivity index (χ4n) is 2.89. The minimum atomic E-state index is -0.736. The van der Waals surface area contributed by atoms with E-state index in [1.807, 2.05) is 32.0 Å². The molecular formula is C14H20ClNO. The van der Waals surface area contributed by atoms with Crippen LogP contribution in [0.3, 0.4) is 0 Å². The Labute approximate surface area is 108 Å². The SMILES string of the molecule is CC(C)(O)C1(c2cccc(Cl)c2)CCNCC1. The smallest absolute Gasteiger partial charge is 0.0688 e. The second kappa shape index (κ2) is 4.60. The third-order valence-corrected chi connectivity index (χ3v) is 4.24. The van der Waals surface area contributed by atoms with Crippen molar-refractivity contribution in [3.8, 4) is 0 Å². The summed E-state index contributed by atoms with van der Waals surface area (Å²) in [6.07, 6.45) is 1.88. The molecule has 1 saturated heterocycles. The Kier molecular flexibility index (Phi) is 3.48. The molecule has 0 saturated carbocycles. The molecule has 0 spiro atoms. The molecule has 0 atom stereocenters. The van der Waals surface area contributed by atoms with Gasteiger partial charge in [0.25, 0.3) is 0 Å². The molecule has 0 aliphatic carbocycles. The van der Waals surface area contributed by atoms with Crippen molar-refractivity contribution in [2.24, 2.45) is 0 Å². The van der Waals surface area contributed by atoms with Gasteiger partial charge in [0.2, 0.25) is 0 Å². The van der Waals surface area contributed by atoms with E-state index in [1.165, 1.54) is 0 Å². The maximum absolute atomic E-state index is 10.6. The van der Waals surface area contributed by atoms with Crippen LogP contribution in [0.5, 0.6) is 0 Å². The molecule has 1 fully saturated rings. The van der Waals surface area contributed by atoms with Gasteiger partial charge in [-0.25, -0.2) is 0 Å². The molecule has 0 aromatic heterocycles. The summed E-state index contributed by atoms with van der Waals surface area (Å²) in [5.41, 5.74) is 0.224. The lowest BCUT2D eigenvalue weighted by Crippen LogP contribution is -2.53. The van der Waals surface area contributed by atoms with Gasteiger partial charge in [-0.2, -0.15) is 0 Å². The van der Waals surface area contributed by atoms with Crippen molar-refractivity contribution in [1.82, 2.24) is 5.32 Å². The zero-order chi connectivity index (χ0) is 12.5. The Hall–Kier alpha value is -0.570. The van der Waals surface area contributed by atoms with Crippen molar-refractivity contribution in [3.05, 3.63) is 34.9 Å². The second-order valence-electron chi connectivity index (χ2n) is 5.40. The Bertz CT molecular complexity index is 391. The summed E-state index contributed by atoms with van der Waals surface area (Å²) in [4.78, 5) is 0. The number of rotatable bonds is 2. The number of aliphatic hydroxyl groups is 1. The van der Waals surface area contributed by atoms with E-state index in [-0.39, 0.29) is 5.41 Å². The predicted molar refractivity (Wildman–Crippen MR) is 71.5 cm³/mol. The van der Waals surface area contributed by atoms with Gasteiger partial charge in [-0.05, 0) is 57.5 Å². The fraction of sp³-hybridized carbons (Fsp3) is 0.571. The standard InChI is InChI=1S/C14H20ClNO/c1-13(2,17)14(6-8-16-9-7-14)11-4-3-5-12(15)10-11/h3-5,10,16-17H,6-9H2,1-2H3. The number of hydrogen-bond donors (Lipinski definition) is 2. The zero-order valence-corrected chi connectivity index (χ0v) is 11.2. The quantitative estimate of drug-likeness (QED) is 0.850. The van der Waals surface area contributed by atoms with E-state index >= 15 is 0 Å². The molecule has 94 valence electrons. The van der Waals surface area contributed by atoms with Crippen LogP contribution in [-0.2, 0) is 5.41 Å². The van der Waals surface area contributed by atoms with Crippen LogP contribution in [0.4, 0.5) is 0 Å². The molecule has 1 aliphatic rings. The highest BCUT2D eigenvalue weighted by Gasteiger charge is 2.45. The molecule has 0 amide bonds. The number of piperidine rings is 1. The molecule has 0 unspecified atom stereocenters. The van der Waals surface area contributed by atoms with Gasteiger partial charge in [0.1, 0.15) is 0 Å². The maximum atomic E-state index is 10.6. The first-order valence-corrected chi connectivity index (χ1v) is 6.53. The number of nitrogens with one attached hydrogen (secondary N) is 1. The van der Waals surface area contributed by atoms with Gasteiger partial charge < -0.3 is 10.4 Å². The van der Waals surface area contributed by atoms with Crippen molar-refractivity contribution in [1.29, 1.82) is 0 Å². The highest BCUT2D eigenvalue weighted by Crippen LogP contribution is 2.43. The molecule has 1 aliphatic heterocycles. The molecule has 1 aromatic rings. The summed E-state index contributed by atoms with van der Waals surface area (Å²) in [5.74, 6) is 0. The van der Waals surface area contributed by atoms with Crippen LogP contribution in [0.25, 0.3) is 0 Å². The lowest BCUT2D eigenvalue weighted by Gasteiger charge is -2.47. The van der Waals surface area contributed by atoms with Gasteiger partial charge in [0.05, 0.1) is 5.60 Å². The second-order valence-corrected chi connectivity index (χ2v) is 5.84. The molecule has 3 heteroatoms. The van der Waals surface area contributed by atoms with Crippen molar-refractivity contribution in [3.63, 3.8) is 0 Å². The average Bonchev–Trinajstić information content (AvgIpc) is 2.28. The minimum absolute atomic E-state index is 0.191. The summed E-state index contributed by atoms with van der Waals surface area (Å²) < 4.78 is 0. The molecule has 17 heavy (non-hydrogen) atoms. The predicted octanol–water partition coefficient (Wildman–Crippen LogP) is 2.73. The van der Waals surface area contributed by atoms with Gasteiger partial charge >= 0.3 is 0 Å². The van der Waals surface area contributed by atoms with E-state index in [2.05, 4.69) is 11.4 Å². The molecule has 1 aromatic carbocycles. The highest BCUT2D eigenvalue weighted by atomic mass is 35.5. The van der Waals surface area contributed by atoms with Crippen LogP contribution in [0.1, 0.15) is 32.3 Å². The number of benzene rings is 1. The average molecular weight is 254 g/mol. The fourth-order valence-corrected chi connectivity index (χ4v) is 3.08. The monoisotopic (exact) mass is 253 g/mol. The summed E-state index contributed by atoms with van der Waals surface area (Å²) >= 11 is 6.08. The van der Waals surface area contributed by atoms with Crippen LogP contribution >= 0.6 is 11.6 Å². The lowest BCUT2D eigenvalue weighted by molar-refractivity contribution is -0.0229. The van der Waals surface area contributed by atoms with Gasteiger partial charge in [-0.1, -0.05) is 23.7 Å². The summed E-state index contributed by atoms with van der Waals surface area (Å²) in [6.45, 7) is 5.69. The molecule has 1 heterocycles. The van der Waals surface area contributed by atoms with Gasteiger partial charge in [-0.15, -0.1) is 0 Å². The van der Waals surface area contributed by atoms with Crippen LogP contribution in [0, 0.1) is 0 Å². The highest BCUT2D eigenvalue weighted by molar-refractivity contribution is 6.30. The lowest BCUT2D eigenvalue weighted by atomic mass is 9.63. The summed E-state index contributed by atoms with van der Waals surface area (Å²) in [7, 11) is 0. The van der Waals surface area contributed by atoms with E-state index in [1.54, 1.807) is 0 Å². The van der Waals surface area contributed by atoms with E-state index < -0.39 is 5.60 Å². The third-order valence-electron chi connectivity index (χ3n) is 4.01. The Morgan fingerprint density at radius 2 is 1.94 bits per heavy atom. The van der Waals surface area contributed by atoms with Crippen LogP contribution in [-0.4, -0.2) is 23.8 Å². The van der Waals surface area contributed by atoms with Crippen molar-refractivity contribution < 1.29 is 5.11 Å². The van der Waals surface area contributed by atoms with Crippen molar-refractivity contribution >= 4 is 11.6 Å². The number of halogens is 1. The zero-order valence-electron chi connectivity index (χ0n) is 10.5. The summed E-state index contributed by atoms with van der Waals surface area (Å²) in [6, 6.07) is 7.91. The maximum Gasteiger partial charge on any atom is 0.0688 e. The van der Waals surface area contributed by atoms with Gasteiger partial charge in [0, 0.05) is 10.4 Å². The van der Waals surface area contributed by atoms with E-state index in [9.17, 15) is 5.11 Å². The number of hydrogen-bond acceptors (Lipinski definition) is 2. The Morgan fingerprint density at radius 1 is 1.29 bits per heavy atom. The van der Waals surface area contributed by atoms with Gasteiger partial charge in [0.15, 0.2) is 0 Å². The van der Waals surface area contributed by atoms with Crippen LogP contribution in [0.2, 0.25) is 5.02 Å². The van der Waals surface area contributed by atoms with E-state index in [0.29, 0.717) is 0 Å². The molecule has 2 rings (SSSR count). The molecule has 2 nitrogen and oxygen atoms in total. The first kappa shape index (κ1) is 12.9. The molecular weight excluding hydrogens is 234 g/mol. The first-order valence-electron chi connectivity index (χ1n) is 6.15. The van der Waals surface area contributed by atoms with Crippen molar-refractivity contribution in [2.45, 2.75) is 37.7 Å². The third kappa shape index (κ3) is 2.35.